The van der Waals surface area contributed by atoms with E-state index in [-0.39, 0.29) is 6.29 Å². The maximum atomic E-state index is 5.43. The zero-order valence-corrected chi connectivity index (χ0v) is 8.88. The van der Waals surface area contributed by atoms with Crippen LogP contribution in [0.4, 0.5) is 0 Å². The molecule has 0 aromatic rings. The van der Waals surface area contributed by atoms with E-state index in [2.05, 4.69) is 26.8 Å². The Morgan fingerprint density at radius 3 is 2.54 bits per heavy atom. The molecule has 0 radical (unpaired) electrons. The molecular formula is C11H20O2. The summed E-state index contributed by atoms with van der Waals surface area (Å²) in [5.41, 5.74) is 1.39. The summed E-state index contributed by atoms with van der Waals surface area (Å²) in [5, 5.41) is 0. The van der Waals surface area contributed by atoms with Crippen molar-refractivity contribution in [3.63, 3.8) is 0 Å². The van der Waals surface area contributed by atoms with Crippen molar-refractivity contribution >= 4 is 0 Å². The predicted molar refractivity (Wildman–Crippen MR) is 53.5 cm³/mol. The number of hydrogen-bond acceptors (Lipinski definition) is 2. The molecule has 1 saturated heterocycles. The van der Waals surface area contributed by atoms with Crippen molar-refractivity contribution in [3.05, 3.63) is 11.6 Å². The molecule has 0 N–H and O–H groups in total. The number of allylic oxidation sites excluding steroid dienone is 2. The molecule has 1 heterocycles. The monoisotopic (exact) mass is 184 g/mol. The smallest absolute Gasteiger partial charge is 0.160 e. The highest BCUT2D eigenvalue weighted by molar-refractivity contribution is 4.92. The van der Waals surface area contributed by atoms with Gasteiger partial charge in [0.05, 0.1) is 13.2 Å². The number of hydrogen-bond donors (Lipinski definition) is 0. The second-order valence-corrected chi connectivity index (χ2v) is 3.95. The van der Waals surface area contributed by atoms with Crippen molar-refractivity contribution in [2.45, 2.75) is 39.9 Å². The largest absolute Gasteiger partial charge is 0.350 e. The van der Waals surface area contributed by atoms with Crippen LogP contribution in [0.5, 0.6) is 0 Å². The van der Waals surface area contributed by atoms with Crippen molar-refractivity contribution < 1.29 is 9.47 Å². The molecule has 1 unspecified atom stereocenters. The van der Waals surface area contributed by atoms with Gasteiger partial charge in [0.1, 0.15) is 0 Å². The van der Waals surface area contributed by atoms with Gasteiger partial charge < -0.3 is 9.47 Å². The third-order valence-corrected chi connectivity index (χ3v) is 2.29. The average Bonchev–Trinajstić information content (AvgIpc) is 2.55. The number of ether oxygens (including phenoxy) is 2. The van der Waals surface area contributed by atoms with E-state index in [1.165, 1.54) is 5.57 Å². The Kier molecular flexibility index (Phi) is 4.46. The van der Waals surface area contributed by atoms with Crippen LogP contribution in [-0.4, -0.2) is 19.5 Å². The Bertz CT molecular complexity index is 165. The lowest BCUT2D eigenvalue weighted by Crippen LogP contribution is -2.18. The van der Waals surface area contributed by atoms with Crippen LogP contribution < -0.4 is 0 Å². The lowest BCUT2D eigenvalue weighted by atomic mass is 10.0. The third kappa shape index (κ3) is 3.92. The van der Waals surface area contributed by atoms with E-state index >= 15 is 0 Å². The molecule has 1 aliphatic heterocycles. The van der Waals surface area contributed by atoms with E-state index in [0.717, 1.165) is 26.1 Å². The first-order valence-corrected chi connectivity index (χ1v) is 5.06. The SMILES string of the molecule is CC(C)=CCCC(C)C1OCCO1. The normalized spacial score (nSPS) is 20.2. The molecule has 2 heteroatoms. The molecule has 1 fully saturated rings. The summed E-state index contributed by atoms with van der Waals surface area (Å²) < 4.78 is 10.9. The lowest BCUT2D eigenvalue weighted by Gasteiger charge is -2.16. The second-order valence-electron chi connectivity index (χ2n) is 3.95. The van der Waals surface area contributed by atoms with Crippen LogP contribution in [-0.2, 0) is 9.47 Å². The van der Waals surface area contributed by atoms with E-state index < -0.39 is 0 Å². The van der Waals surface area contributed by atoms with Crippen LogP contribution in [0.1, 0.15) is 33.6 Å². The van der Waals surface area contributed by atoms with Gasteiger partial charge in [0.2, 0.25) is 0 Å². The molecule has 0 aliphatic carbocycles. The van der Waals surface area contributed by atoms with Crippen LogP contribution in [0.15, 0.2) is 11.6 Å². The molecule has 0 aromatic carbocycles. The van der Waals surface area contributed by atoms with Gasteiger partial charge in [-0.05, 0) is 26.7 Å². The van der Waals surface area contributed by atoms with Gasteiger partial charge in [-0.1, -0.05) is 18.6 Å². The minimum Gasteiger partial charge on any atom is -0.350 e. The molecule has 0 amide bonds. The number of rotatable bonds is 4. The maximum absolute atomic E-state index is 5.43. The van der Waals surface area contributed by atoms with Gasteiger partial charge in [0.25, 0.3) is 0 Å². The molecule has 1 atom stereocenters. The van der Waals surface area contributed by atoms with Crippen LogP contribution in [0.3, 0.4) is 0 Å². The minimum atomic E-state index is 0.0468. The Balaban J connectivity index is 2.16. The van der Waals surface area contributed by atoms with Gasteiger partial charge in [-0.25, -0.2) is 0 Å². The van der Waals surface area contributed by atoms with Gasteiger partial charge in [0, 0.05) is 5.92 Å². The van der Waals surface area contributed by atoms with Crippen molar-refractivity contribution in [1.29, 1.82) is 0 Å². The molecule has 0 bridgehead atoms. The molecular weight excluding hydrogens is 164 g/mol. The molecule has 0 spiro atoms. The van der Waals surface area contributed by atoms with E-state index in [9.17, 15) is 0 Å². The highest BCUT2D eigenvalue weighted by Gasteiger charge is 2.22. The van der Waals surface area contributed by atoms with Gasteiger partial charge in [-0.3, -0.25) is 0 Å². The quantitative estimate of drug-likeness (QED) is 0.625. The van der Waals surface area contributed by atoms with Gasteiger partial charge in [-0.15, -0.1) is 0 Å². The molecule has 13 heavy (non-hydrogen) atoms. The van der Waals surface area contributed by atoms with Crippen LogP contribution in [0, 0.1) is 5.92 Å². The van der Waals surface area contributed by atoms with E-state index in [4.69, 9.17) is 9.47 Å². The summed E-state index contributed by atoms with van der Waals surface area (Å²) in [4.78, 5) is 0. The molecule has 76 valence electrons. The molecule has 1 aliphatic rings. The first kappa shape index (κ1) is 10.7. The standard InChI is InChI=1S/C11H20O2/c1-9(2)5-4-6-10(3)11-12-7-8-13-11/h5,10-11H,4,6-8H2,1-3H3. The molecule has 0 aromatic heterocycles. The Morgan fingerprint density at radius 2 is 2.00 bits per heavy atom. The van der Waals surface area contributed by atoms with E-state index in [0.29, 0.717) is 5.92 Å². The van der Waals surface area contributed by atoms with Crippen LogP contribution in [0.25, 0.3) is 0 Å². The van der Waals surface area contributed by atoms with Crippen molar-refractivity contribution in [3.8, 4) is 0 Å². The third-order valence-electron chi connectivity index (χ3n) is 2.29. The predicted octanol–water partition coefficient (Wildman–Crippen LogP) is 2.74. The first-order chi connectivity index (χ1) is 6.20. The van der Waals surface area contributed by atoms with Gasteiger partial charge >= 0.3 is 0 Å². The van der Waals surface area contributed by atoms with Crippen molar-refractivity contribution in [2.24, 2.45) is 5.92 Å². The first-order valence-electron chi connectivity index (χ1n) is 5.06. The molecule has 1 rings (SSSR count). The highest BCUT2D eigenvalue weighted by Crippen LogP contribution is 2.19. The Morgan fingerprint density at radius 1 is 1.38 bits per heavy atom. The van der Waals surface area contributed by atoms with E-state index in [1.54, 1.807) is 0 Å². The Labute approximate surface area is 80.9 Å². The summed E-state index contributed by atoms with van der Waals surface area (Å²) in [6.45, 7) is 7.98. The Hall–Kier alpha value is -0.340. The summed E-state index contributed by atoms with van der Waals surface area (Å²) >= 11 is 0. The van der Waals surface area contributed by atoms with Crippen LogP contribution >= 0.6 is 0 Å². The van der Waals surface area contributed by atoms with Crippen LogP contribution in [0.2, 0.25) is 0 Å². The van der Waals surface area contributed by atoms with E-state index in [1.807, 2.05) is 0 Å². The fourth-order valence-corrected chi connectivity index (χ4v) is 1.48. The summed E-state index contributed by atoms with van der Waals surface area (Å²) in [6.07, 6.45) is 4.60. The van der Waals surface area contributed by atoms with Gasteiger partial charge in [0.15, 0.2) is 6.29 Å². The summed E-state index contributed by atoms with van der Waals surface area (Å²) in [6, 6.07) is 0. The summed E-state index contributed by atoms with van der Waals surface area (Å²) in [5.74, 6) is 0.512. The van der Waals surface area contributed by atoms with Crippen molar-refractivity contribution in [1.82, 2.24) is 0 Å². The fourth-order valence-electron chi connectivity index (χ4n) is 1.48. The highest BCUT2D eigenvalue weighted by atomic mass is 16.7. The topological polar surface area (TPSA) is 18.5 Å². The summed E-state index contributed by atoms with van der Waals surface area (Å²) in [7, 11) is 0. The molecule has 2 nitrogen and oxygen atoms in total. The molecule has 0 saturated carbocycles. The zero-order valence-electron chi connectivity index (χ0n) is 8.88. The zero-order chi connectivity index (χ0) is 9.68. The lowest BCUT2D eigenvalue weighted by molar-refractivity contribution is -0.0799. The minimum absolute atomic E-state index is 0.0468. The van der Waals surface area contributed by atoms with Gasteiger partial charge in [-0.2, -0.15) is 0 Å². The second kappa shape index (κ2) is 5.40. The fraction of sp³-hybridized carbons (Fsp3) is 0.818. The maximum Gasteiger partial charge on any atom is 0.160 e. The average molecular weight is 184 g/mol. The van der Waals surface area contributed by atoms with Crippen molar-refractivity contribution in [2.75, 3.05) is 13.2 Å².